The summed E-state index contributed by atoms with van der Waals surface area (Å²) in [6, 6.07) is 11.6. The Labute approximate surface area is 149 Å². The van der Waals surface area contributed by atoms with E-state index >= 15 is 0 Å². The molecule has 122 valence electrons. The first-order valence-electron chi connectivity index (χ1n) is 7.37. The van der Waals surface area contributed by atoms with Crippen molar-refractivity contribution in [1.29, 1.82) is 0 Å². The molecule has 0 atom stereocenters. The number of rotatable bonds is 5. The highest BCUT2D eigenvalue weighted by Crippen LogP contribution is 2.24. The largest absolute Gasteiger partial charge is 0.460 e. The fourth-order valence-electron chi connectivity index (χ4n) is 2.07. The average molecular weight is 359 g/mol. The molecule has 0 radical (unpaired) electrons. The van der Waals surface area contributed by atoms with Crippen molar-refractivity contribution in [2.24, 2.45) is 0 Å². The number of benzene rings is 1. The highest BCUT2D eigenvalue weighted by molar-refractivity contribution is 7.13. The standard InChI is InChI=1S/C18H15ClN2O2S/c1-12-2-5-14(6-3-12)18-21-15(11-24-18)8-17(22)23-10-13-4-7-16(19)20-9-13/h2-7,9,11H,8,10H2,1H3. The van der Waals surface area contributed by atoms with E-state index in [2.05, 4.69) is 9.97 Å². The summed E-state index contributed by atoms with van der Waals surface area (Å²) in [5.74, 6) is -0.314. The predicted molar refractivity (Wildman–Crippen MR) is 95.0 cm³/mol. The summed E-state index contributed by atoms with van der Waals surface area (Å²) in [5.41, 5.74) is 3.77. The smallest absolute Gasteiger partial charge is 0.312 e. The molecule has 24 heavy (non-hydrogen) atoms. The van der Waals surface area contributed by atoms with Crippen LogP contribution < -0.4 is 0 Å². The number of esters is 1. The molecule has 0 N–H and O–H groups in total. The van der Waals surface area contributed by atoms with Gasteiger partial charge in [0.1, 0.15) is 16.8 Å². The van der Waals surface area contributed by atoms with Crippen LogP contribution in [-0.2, 0) is 22.6 Å². The third-order valence-corrected chi connectivity index (χ3v) is 4.53. The number of pyridine rings is 1. The first-order valence-corrected chi connectivity index (χ1v) is 8.63. The number of hydrogen-bond acceptors (Lipinski definition) is 5. The molecule has 0 saturated heterocycles. The zero-order valence-corrected chi connectivity index (χ0v) is 14.6. The summed E-state index contributed by atoms with van der Waals surface area (Å²) in [6.07, 6.45) is 1.75. The highest BCUT2D eigenvalue weighted by Gasteiger charge is 2.10. The van der Waals surface area contributed by atoms with Crippen molar-refractivity contribution in [3.8, 4) is 10.6 Å². The van der Waals surface area contributed by atoms with Gasteiger partial charge in [0, 0.05) is 22.7 Å². The molecule has 0 unspecified atom stereocenters. The first kappa shape index (κ1) is 16.6. The van der Waals surface area contributed by atoms with Gasteiger partial charge in [-0.05, 0) is 13.0 Å². The van der Waals surface area contributed by atoms with Crippen molar-refractivity contribution in [3.05, 3.63) is 69.9 Å². The zero-order valence-electron chi connectivity index (χ0n) is 13.0. The van der Waals surface area contributed by atoms with Gasteiger partial charge in [0.25, 0.3) is 0 Å². The molecule has 0 spiro atoms. The minimum Gasteiger partial charge on any atom is -0.460 e. The fourth-order valence-corrected chi connectivity index (χ4v) is 3.01. The van der Waals surface area contributed by atoms with Crippen molar-refractivity contribution >= 4 is 28.9 Å². The van der Waals surface area contributed by atoms with Crippen LogP contribution in [0.4, 0.5) is 0 Å². The Morgan fingerprint density at radius 3 is 2.71 bits per heavy atom. The molecule has 0 fully saturated rings. The van der Waals surface area contributed by atoms with E-state index in [0.717, 1.165) is 21.8 Å². The second kappa shape index (κ2) is 7.55. The van der Waals surface area contributed by atoms with E-state index in [-0.39, 0.29) is 19.0 Å². The molecule has 2 heterocycles. The molecule has 3 aromatic rings. The van der Waals surface area contributed by atoms with Gasteiger partial charge in [-0.15, -0.1) is 11.3 Å². The molecule has 0 aliphatic rings. The maximum absolute atomic E-state index is 11.9. The van der Waals surface area contributed by atoms with Gasteiger partial charge in [0.05, 0.1) is 12.1 Å². The summed E-state index contributed by atoms with van der Waals surface area (Å²) >= 11 is 7.24. The van der Waals surface area contributed by atoms with E-state index in [4.69, 9.17) is 16.3 Å². The Hall–Kier alpha value is -2.24. The van der Waals surface area contributed by atoms with Crippen LogP contribution >= 0.6 is 22.9 Å². The molecule has 0 aliphatic carbocycles. The second-order valence-electron chi connectivity index (χ2n) is 5.34. The summed E-state index contributed by atoms with van der Waals surface area (Å²) in [6.45, 7) is 2.22. The molecule has 0 saturated carbocycles. The maximum atomic E-state index is 11.9. The molecule has 3 rings (SSSR count). The van der Waals surface area contributed by atoms with Crippen molar-refractivity contribution in [2.75, 3.05) is 0 Å². The van der Waals surface area contributed by atoms with Crippen LogP contribution in [0.25, 0.3) is 10.6 Å². The lowest BCUT2D eigenvalue weighted by Crippen LogP contribution is -2.08. The Morgan fingerprint density at radius 2 is 2.00 bits per heavy atom. The Bertz CT molecular complexity index is 829. The number of hydrogen-bond donors (Lipinski definition) is 0. The minimum atomic E-state index is -0.314. The van der Waals surface area contributed by atoms with Gasteiger partial charge in [-0.25, -0.2) is 9.97 Å². The van der Waals surface area contributed by atoms with Gasteiger partial charge in [0.15, 0.2) is 0 Å². The Morgan fingerprint density at radius 1 is 1.21 bits per heavy atom. The third-order valence-electron chi connectivity index (χ3n) is 3.36. The van der Waals surface area contributed by atoms with Crippen LogP contribution in [0.3, 0.4) is 0 Å². The predicted octanol–water partition coefficient (Wildman–Crippen LogP) is 4.45. The monoisotopic (exact) mass is 358 g/mol. The van der Waals surface area contributed by atoms with Gasteiger partial charge >= 0.3 is 5.97 Å². The van der Waals surface area contributed by atoms with Crippen LogP contribution in [0, 0.1) is 6.92 Å². The normalized spacial score (nSPS) is 10.6. The van der Waals surface area contributed by atoms with E-state index in [1.54, 1.807) is 18.3 Å². The Balaban J connectivity index is 1.57. The molecule has 2 aromatic heterocycles. The minimum absolute atomic E-state index is 0.156. The fraction of sp³-hybridized carbons (Fsp3) is 0.167. The topological polar surface area (TPSA) is 52.1 Å². The summed E-state index contributed by atoms with van der Waals surface area (Å²) in [4.78, 5) is 20.4. The lowest BCUT2D eigenvalue weighted by atomic mass is 10.2. The number of aryl methyl sites for hydroxylation is 1. The van der Waals surface area contributed by atoms with Gasteiger partial charge in [-0.2, -0.15) is 0 Å². The van der Waals surface area contributed by atoms with Crippen molar-refractivity contribution < 1.29 is 9.53 Å². The zero-order chi connectivity index (χ0) is 16.9. The summed E-state index contributed by atoms with van der Waals surface area (Å²) in [7, 11) is 0. The number of aromatic nitrogens is 2. The van der Waals surface area contributed by atoms with E-state index in [0.29, 0.717) is 5.15 Å². The van der Waals surface area contributed by atoms with Gasteiger partial charge in [-0.3, -0.25) is 4.79 Å². The van der Waals surface area contributed by atoms with Gasteiger partial charge < -0.3 is 4.74 Å². The van der Waals surface area contributed by atoms with Crippen LogP contribution in [0.2, 0.25) is 5.15 Å². The average Bonchev–Trinajstić information content (AvgIpc) is 3.03. The van der Waals surface area contributed by atoms with Crippen LogP contribution in [0.5, 0.6) is 0 Å². The lowest BCUT2D eigenvalue weighted by molar-refractivity contribution is -0.144. The molecule has 0 bridgehead atoms. The number of carbonyl (C=O) groups excluding carboxylic acids is 1. The Kier molecular flexibility index (Phi) is 5.23. The van der Waals surface area contributed by atoms with Crippen LogP contribution in [0.15, 0.2) is 48.0 Å². The lowest BCUT2D eigenvalue weighted by Gasteiger charge is -2.03. The van der Waals surface area contributed by atoms with Gasteiger partial charge in [-0.1, -0.05) is 47.5 Å². The van der Waals surface area contributed by atoms with E-state index < -0.39 is 0 Å². The van der Waals surface area contributed by atoms with E-state index in [1.165, 1.54) is 16.9 Å². The number of ether oxygens (including phenoxy) is 1. The second-order valence-corrected chi connectivity index (χ2v) is 6.58. The molecular weight excluding hydrogens is 344 g/mol. The highest BCUT2D eigenvalue weighted by atomic mass is 35.5. The quantitative estimate of drug-likeness (QED) is 0.499. The third kappa shape index (κ3) is 4.40. The van der Waals surface area contributed by atoms with Crippen LogP contribution in [0.1, 0.15) is 16.8 Å². The molecule has 1 aromatic carbocycles. The maximum Gasteiger partial charge on any atom is 0.312 e. The first-order chi connectivity index (χ1) is 11.6. The number of nitrogens with zero attached hydrogens (tertiary/aromatic N) is 2. The molecule has 0 aliphatic heterocycles. The summed E-state index contributed by atoms with van der Waals surface area (Å²) < 4.78 is 5.25. The van der Waals surface area contributed by atoms with E-state index in [9.17, 15) is 4.79 Å². The van der Waals surface area contributed by atoms with E-state index in [1.807, 2.05) is 36.6 Å². The molecular formula is C18H15ClN2O2S. The van der Waals surface area contributed by atoms with Gasteiger partial charge in [0.2, 0.25) is 0 Å². The van der Waals surface area contributed by atoms with Crippen molar-refractivity contribution in [2.45, 2.75) is 20.0 Å². The number of halogens is 1. The summed E-state index contributed by atoms with van der Waals surface area (Å²) in [5, 5.41) is 3.20. The van der Waals surface area contributed by atoms with Crippen molar-refractivity contribution in [3.63, 3.8) is 0 Å². The molecule has 4 nitrogen and oxygen atoms in total. The number of thiazole rings is 1. The molecule has 0 amide bonds. The van der Waals surface area contributed by atoms with Crippen molar-refractivity contribution in [1.82, 2.24) is 9.97 Å². The molecule has 6 heteroatoms. The number of carbonyl (C=O) groups is 1. The SMILES string of the molecule is Cc1ccc(-c2nc(CC(=O)OCc3ccc(Cl)nc3)cs2)cc1. The van der Waals surface area contributed by atoms with Crippen LogP contribution in [-0.4, -0.2) is 15.9 Å².